The highest BCUT2D eigenvalue weighted by Crippen LogP contribution is 2.54. The molecule has 0 heterocycles. The number of allylic oxidation sites excluding steroid dienone is 2. The Morgan fingerprint density at radius 3 is 2.93 bits per heavy atom. The van der Waals surface area contributed by atoms with E-state index in [-0.39, 0.29) is 11.8 Å². The molecule has 3 aliphatic rings. The van der Waals surface area contributed by atoms with Crippen molar-refractivity contribution in [1.82, 2.24) is 0 Å². The number of hydrogen-bond acceptors (Lipinski definition) is 2. The summed E-state index contributed by atoms with van der Waals surface area (Å²) in [5.74, 6) is 1.75. The first-order valence-electron chi connectivity index (χ1n) is 5.47. The number of nitriles is 1. The molecule has 0 aliphatic heterocycles. The van der Waals surface area contributed by atoms with Crippen molar-refractivity contribution in [1.29, 1.82) is 5.26 Å². The van der Waals surface area contributed by atoms with Crippen molar-refractivity contribution in [2.45, 2.75) is 25.7 Å². The highest BCUT2D eigenvalue weighted by atomic mass is 16.1. The molecule has 2 nitrogen and oxygen atoms in total. The quantitative estimate of drug-likeness (QED) is 0.582. The molecular weight excluding hydrogens is 174 g/mol. The minimum atomic E-state index is -0.00810. The summed E-state index contributed by atoms with van der Waals surface area (Å²) < 4.78 is 0. The fourth-order valence-electron chi connectivity index (χ4n) is 3.75. The van der Waals surface area contributed by atoms with Gasteiger partial charge in [0.05, 0.1) is 12.0 Å². The number of ketones is 1. The van der Waals surface area contributed by atoms with Crippen molar-refractivity contribution in [2.75, 3.05) is 0 Å². The molecule has 0 amide bonds. The van der Waals surface area contributed by atoms with Crippen LogP contribution < -0.4 is 0 Å². The van der Waals surface area contributed by atoms with E-state index in [1.807, 2.05) is 6.08 Å². The molecule has 0 unspecified atom stereocenters. The molecule has 0 aromatic rings. The van der Waals surface area contributed by atoms with Crippen molar-refractivity contribution in [3.63, 3.8) is 0 Å². The standard InChI is InChI=1S/C12H13NO/c13-6-7-4-5-10-8-2-1-3-9(8)11(7)12(10)14/h4,8-11H,1-3,5H2/t8-,9+,10+,11-/m0/s1. The summed E-state index contributed by atoms with van der Waals surface area (Å²) in [6.45, 7) is 0. The van der Waals surface area contributed by atoms with Gasteiger partial charge in [0.25, 0.3) is 0 Å². The number of carbonyl (C=O) groups excluding carboxylic acids is 1. The molecule has 0 N–H and O–H groups in total. The van der Waals surface area contributed by atoms with Crippen LogP contribution in [-0.4, -0.2) is 5.78 Å². The summed E-state index contributed by atoms with van der Waals surface area (Å²) in [7, 11) is 0. The van der Waals surface area contributed by atoms with Gasteiger partial charge in [-0.1, -0.05) is 12.5 Å². The fourth-order valence-corrected chi connectivity index (χ4v) is 3.75. The second-order valence-corrected chi connectivity index (χ2v) is 4.75. The highest BCUT2D eigenvalue weighted by molar-refractivity contribution is 5.91. The van der Waals surface area contributed by atoms with Crippen LogP contribution in [0.3, 0.4) is 0 Å². The maximum Gasteiger partial charge on any atom is 0.145 e. The van der Waals surface area contributed by atoms with Gasteiger partial charge >= 0.3 is 0 Å². The summed E-state index contributed by atoms with van der Waals surface area (Å²) >= 11 is 0. The summed E-state index contributed by atoms with van der Waals surface area (Å²) in [5, 5.41) is 8.98. The Hall–Kier alpha value is -1.10. The van der Waals surface area contributed by atoms with Crippen LogP contribution >= 0.6 is 0 Å². The molecule has 3 rings (SSSR count). The summed E-state index contributed by atoms with van der Waals surface area (Å²) in [6, 6.07) is 2.21. The zero-order valence-electron chi connectivity index (χ0n) is 8.07. The topological polar surface area (TPSA) is 40.9 Å². The van der Waals surface area contributed by atoms with Gasteiger partial charge in [0, 0.05) is 11.5 Å². The SMILES string of the molecule is N#CC1=CC[C@H]2C(=O)[C@@H]1[C@@H]1CCC[C@@H]12. The minimum absolute atomic E-state index is 0.00810. The van der Waals surface area contributed by atoms with Crippen LogP contribution in [0.4, 0.5) is 0 Å². The van der Waals surface area contributed by atoms with E-state index in [4.69, 9.17) is 5.26 Å². The predicted molar refractivity (Wildman–Crippen MR) is 51.1 cm³/mol. The second-order valence-electron chi connectivity index (χ2n) is 4.75. The van der Waals surface area contributed by atoms with Gasteiger partial charge in [-0.3, -0.25) is 4.79 Å². The number of rotatable bonds is 0. The Balaban J connectivity index is 2.05. The first-order valence-corrected chi connectivity index (χ1v) is 5.47. The van der Waals surface area contributed by atoms with E-state index in [0.717, 1.165) is 18.4 Å². The van der Waals surface area contributed by atoms with Gasteiger partial charge in [0.15, 0.2) is 0 Å². The van der Waals surface area contributed by atoms with Gasteiger partial charge in [0.1, 0.15) is 5.78 Å². The van der Waals surface area contributed by atoms with Crippen molar-refractivity contribution < 1.29 is 4.79 Å². The van der Waals surface area contributed by atoms with Gasteiger partial charge in [-0.05, 0) is 31.1 Å². The number of Topliss-reactive ketones (excluding diaryl/α,β-unsaturated/α-hetero) is 1. The third-order valence-corrected chi connectivity index (χ3v) is 4.30. The smallest absolute Gasteiger partial charge is 0.145 e. The average molecular weight is 187 g/mol. The Kier molecular flexibility index (Phi) is 1.58. The third kappa shape index (κ3) is 0.829. The maximum atomic E-state index is 12.0. The number of nitrogens with zero attached hydrogens (tertiary/aromatic N) is 1. The lowest BCUT2D eigenvalue weighted by atomic mass is 9.84. The zero-order chi connectivity index (χ0) is 9.71. The van der Waals surface area contributed by atoms with E-state index < -0.39 is 0 Å². The van der Waals surface area contributed by atoms with E-state index >= 15 is 0 Å². The van der Waals surface area contributed by atoms with Gasteiger partial charge in [-0.25, -0.2) is 0 Å². The van der Waals surface area contributed by atoms with Gasteiger partial charge in [0.2, 0.25) is 0 Å². The van der Waals surface area contributed by atoms with E-state index in [1.165, 1.54) is 12.8 Å². The molecule has 0 radical (unpaired) electrons. The van der Waals surface area contributed by atoms with E-state index in [0.29, 0.717) is 17.6 Å². The normalized spacial score (nSPS) is 44.5. The van der Waals surface area contributed by atoms with Crippen molar-refractivity contribution in [3.8, 4) is 6.07 Å². The van der Waals surface area contributed by atoms with Gasteiger partial charge in [-0.15, -0.1) is 0 Å². The zero-order valence-corrected chi connectivity index (χ0v) is 8.07. The maximum absolute atomic E-state index is 12.0. The van der Waals surface area contributed by atoms with E-state index in [9.17, 15) is 4.79 Å². The molecule has 0 saturated heterocycles. The number of fused-ring (bicyclic) bond motifs is 5. The van der Waals surface area contributed by atoms with Crippen molar-refractivity contribution in [2.24, 2.45) is 23.7 Å². The third-order valence-electron chi connectivity index (χ3n) is 4.30. The highest BCUT2D eigenvalue weighted by Gasteiger charge is 2.54. The monoisotopic (exact) mass is 187 g/mol. The Labute approximate surface area is 83.6 Å². The van der Waals surface area contributed by atoms with Crippen LogP contribution in [0.1, 0.15) is 25.7 Å². The van der Waals surface area contributed by atoms with E-state index in [2.05, 4.69) is 6.07 Å². The molecule has 2 saturated carbocycles. The summed E-state index contributed by atoms with van der Waals surface area (Å²) in [6.07, 6.45) is 6.48. The van der Waals surface area contributed by atoms with Crippen molar-refractivity contribution in [3.05, 3.63) is 11.6 Å². The lowest BCUT2D eigenvalue weighted by Crippen LogP contribution is -2.22. The molecule has 14 heavy (non-hydrogen) atoms. The Bertz CT molecular complexity index is 363. The number of hydrogen-bond donors (Lipinski definition) is 0. The van der Waals surface area contributed by atoms with Gasteiger partial charge < -0.3 is 0 Å². The van der Waals surface area contributed by atoms with Gasteiger partial charge in [-0.2, -0.15) is 5.26 Å². The number of carbonyl (C=O) groups is 1. The van der Waals surface area contributed by atoms with Crippen LogP contribution in [0, 0.1) is 35.0 Å². The Morgan fingerprint density at radius 1 is 1.36 bits per heavy atom. The van der Waals surface area contributed by atoms with Crippen molar-refractivity contribution >= 4 is 5.78 Å². The average Bonchev–Trinajstić information content (AvgIpc) is 2.70. The first kappa shape index (κ1) is 8.23. The molecule has 2 bridgehead atoms. The second kappa shape index (κ2) is 2.70. The van der Waals surface area contributed by atoms with Crippen LogP contribution in [0.5, 0.6) is 0 Å². The molecular formula is C12H13NO. The minimum Gasteiger partial charge on any atom is -0.299 e. The fraction of sp³-hybridized carbons (Fsp3) is 0.667. The lowest BCUT2D eigenvalue weighted by Gasteiger charge is -2.17. The summed E-state index contributed by atoms with van der Waals surface area (Å²) in [4.78, 5) is 12.0. The molecule has 0 spiro atoms. The predicted octanol–water partition coefficient (Wildman–Crippen LogP) is 2.07. The van der Waals surface area contributed by atoms with E-state index in [1.54, 1.807) is 0 Å². The molecule has 0 aromatic carbocycles. The van der Waals surface area contributed by atoms with Crippen LogP contribution in [-0.2, 0) is 4.79 Å². The molecule has 0 aromatic heterocycles. The van der Waals surface area contributed by atoms with Crippen LogP contribution in [0.25, 0.3) is 0 Å². The van der Waals surface area contributed by atoms with Crippen LogP contribution in [0.2, 0.25) is 0 Å². The largest absolute Gasteiger partial charge is 0.299 e. The lowest BCUT2D eigenvalue weighted by molar-refractivity contribution is -0.124. The molecule has 3 aliphatic carbocycles. The molecule has 2 fully saturated rings. The molecule has 72 valence electrons. The Morgan fingerprint density at radius 2 is 2.14 bits per heavy atom. The first-order chi connectivity index (χ1) is 6.83. The molecule has 2 heteroatoms. The van der Waals surface area contributed by atoms with Crippen LogP contribution in [0.15, 0.2) is 11.6 Å². The summed E-state index contributed by atoms with van der Waals surface area (Å²) in [5.41, 5.74) is 0.764. The molecule has 4 atom stereocenters.